The highest BCUT2D eigenvalue weighted by molar-refractivity contribution is 8.14. The first-order valence-electron chi connectivity index (χ1n) is 11.6. The van der Waals surface area contributed by atoms with Crippen molar-refractivity contribution in [3.8, 4) is 16.9 Å². The van der Waals surface area contributed by atoms with Gasteiger partial charge in [-0.3, -0.25) is 4.79 Å². The number of thioether (sulfide) groups is 1. The Labute approximate surface area is 220 Å². The number of carbonyl (C=O) groups excluding carboxylic acids is 3. The van der Waals surface area contributed by atoms with E-state index in [9.17, 15) is 14.4 Å². The zero-order valence-electron chi connectivity index (χ0n) is 20.8. The molecule has 0 amide bonds. The van der Waals surface area contributed by atoms with Gasteiger partial charge in [0.2, 0.25) is 5.12 Å². The average molecular weight is 517 g/mol. The lowest BCUT2D eigenvalue weighted by Gasteiger charge is -2.09. The first-order chi connectivity index (χ1) is 17.8. The van der Waals surface area contributed by atoms with Gasteiger partial charge in [0.15, 0.2) is 0 Å². The molecule has 0 radical (unpaired) electrons. The molecule has 0 saturated carbocycles. The Hall–Kier alpha value is -4.10. The summed E-state index contributed by atoms with van der Waals surface area (Å²) in [5.74, 6) is -0.223. The van der Waals surface area contributed by atoms with Gasteiger partial charge in [-0.15, -0.1) is 0 Å². The largest absolute Gasteiger partial charge is 0.493 e. The van der Waals surface area contributed by atoms with Crippen molar-refractivity contribution in [2.45, 2.75) is 25.2 Å². The van der Waals surface area contributed by atoms with Crippen LogP contribution in [0.1, 0.15) is 39.6 Å². The lowest BCUT2D eigenvalue weighted by Crippen LogP contribution is -2.09. The van der Waals surface area contributed by atoms with Gasteiger partial charge < -0.3 is 14.2 Å². The molecule has 0 aliphatic heterocycles. The molecule has 190 valence electrons. The summed E-state index contributed by atoms with van der Waals surface area (Å²) in [6.07, 6.45) is 1.66. The van der Waals surface area contributed by atoms with Crippen LogP contribution in [0, 0.1) is 6.92 Å². The van der Waals surface area contributed by atoms with Crippen molar-refractivity contribution < 1.29 is 28.6 Å². The second-order valence-electron chi connectivity index (χ2n) is 8.16. The van der Waals surface area contributed by atoms with Crippen LogP contribution in [-0.2, 0) is 14.3 Å². The minimum absolute atomic E-state index is 0.0766. The highest BCUT2D eigenvalue weighted by Gasteiger charge is 2.12. The van der Waals surface area contributed by atoms with Crippen LogP contribution in [0.2, 0.25) is 0 Å². The molecule has 0 aliphatic carbocycles. The van der Waals surface area contributed by atoms with Gasteiger partial charge in [-0.05, 0) is 90.8 Å². The molecule has 0 spiro atoms. The lowest BCUT2D eigenvalue weighted by molar-refractivity contribution is -0.139. The monoisotopic (exact) mass is 516 g/mol. The van der Waals surface area contributed by atoms with Crippen LogP contribution in [-0.4, -0.2) is 30.3 Å². The molecular weight excluding hydrogens is 488 g/mol. The summed E-state index contributed by atoms with van der Waals surface area (Å²) in [5, 5.41) is -0.0766. The van der Waals surface area contributed by atoms with Gasteiger partial charge in [0, 0.05) is 22.5 Å². The quantitative estimate of drug-likeness (QED) is 0.0913. The third-order valence-corrected chi connectivity index (χ3v) is 6.19. The van der Waals surface area contributed by atoms with Crippen molar-refractivity contribution in [2.75, 3.05) is 13.2 Å². The summed E-state index contributed by atoms with van der Waals surface area (Å²) in [7, 11) is 0. The maximum Gasteiger partial charge on any atom is 0.342 e. The van der Waals surface area contributed by atoms with Crippen LogP contribution in [0.15, 0.2) is 96.6 Å². The molecule has 37 heavy (non-hydrogen) atoms. The third kappa shape index (κ3) is 7.95. The maximum atomic E-state index is 12.7. The van der Waals surface area contributed by atoms with E-state index in [-0.39, 0.29) is 11.7 Å². The number of benzene rings is 3. The SMILES string of the molecule is C=COC(=O)c1ccc(-c2ccc(SC(=O)c3ccc(OCCCOC(=O)C(=C)C)cc3)cc2)c(C)c1. The fourth-order valence-corrected chi connectivity index (χ4v) is 4.09. The summed E-state index contributed by atoms with van der Waals surface area (Å²) in [5.41, 5.74) is 4.29. The molecule has 3 rings (SSSR count). The van der Waals surface area contributed by atoms with Crippen molar-refractivity contribution in [3.05, 3.63) is 108 Å². The fraction of sp³-hybridized carbons (Fsp3) is 0.167. The zero-order valence-corrected chi connectivity index (χ0v) is 21.6. The second-order valence-corrected chi connectivity index (χ2v) is 9.20. The molecule has 0 atom stereocenters. The van der Waals surface area contributed by atoms with Crippen molar-refractivity contribution >= 4 is 28.8 Å². The van der Waals surface area contributed by atoms with Gasteiger partial charge in [-0.1, -0.05) is 31.4 Å². The Morgan fingerprint density at radius 1 is 0.919 bits per heavy atom. The minimum atomic E-state index is -0.448. The Morgan fingerprint density at radius 3 is 2.22 bits per heavy atom. The standard InChI is InChI=1S/C30H28O6S/c1-5-34-29(32)24-11-16-27(21(4)19-24)22-9-14-26(15-10-22)37-30(33)23-7-12-25(13-8-23)35-17-6-18-36-28(31)20(2)3/h5,7-16,19H,1-2,6,17-18H2,3-4H3. The van der Waals surface area contributed by atoms with Gasteiger partial charge in [0.25, 0.3) is 0 Å². The van der Waals surface area contributed by atoms with E-state index in [0.29, 0.717) is 35.5 Å². The van der Waals surface area contributed by atoms with Crippen LogP contribution in [0.3, 0.4) is 0 Å². The predicted molar refractivity (Wildman–Crippen MR) is 145 cm³/mol. The van der Waals surface area contributed by atoms with Crippen LogP contribution in [0.4, 0.5) is 0 Å². The second kappa shape index (κ2) is 13.3. The maximum absolute atomic E-state index is 12.7. The normalized spacial score (nSPS) is 10.3. The summed E-state index contributed by atoms with van der Waals surface area (Å²) < 4.78 is 15.5. The fourth-order valence-electron chi connectivity index (χ4n) is 3.35. The molecule has 3 aromatic rings. The predicted octanol–water partition coefficient (Wildman–Crippen LogP) is 6.78. The molecule has 0 bridgehead atoms. The van der Waals surface area contributed by atoms with Crippen molar-refractivity contribution in [2.24, 2.45) is 0 Å². The first-order valence-corrected chi connectivity index (χ1v) is 12.4. The van der Waals surface area contributed by atoms with Gasteiger partial charge in [-0.2, -0.15) is 0 Å². The minimum Gasteiger partial charge on any atom is -0.493 e. The smallest absolute Gasteiger partial charge is 0.342 e. The Bertz CT molecular complexity index is 1290. The number of hydrogen-bond acceptors (Lipinski definition) is 7. The number of rotatable bonds is 11. The summed E-state index contributed by atoms with van der Waals surface area (Å²) in [6.45, 7) is 11.1. The van der Waals surface area contributed by atoms with E-state index < -0.39 is 11.9 Å². The summed E-state index contributed by atoms with van der Waals surface area (Å²) in [4.78, 5) is 36.8. The van der Waals surface area contributed by atoms with Crippen LogP contribution in [0.25, 0.3) is 11.1 Å². The molecule has 0 heterocycles. The number of carbonyl (C=O) groups is 3. The Kier molecular flexibility index (Phi) is 9.86. The van der Waals surface area contributed by atoms with E-state index in [1.54, 1.807) is 43.3 Å². The number of ether oxygens (including phenoxy) is 3. The van der Waals surface area contributed by atoms with Gasteiger partial charge >= 0.3 is 11.9 Å². The van der Waals surface area contributed by atoms with Crippen LogP contribution >= 0.6 is 11.8 Å². The summed E-state index contributed by atoms with van der Waals surface area (Å²) in [6, 6.07) is 20.0. The molecule has 3 aromatic carbocycles. The van der Waals surface area contributed by atoms with Gasteiger partial charge in [0.1, 0.15) is 5.75 Å². The number of esters is 2. The van der Waals surface area contributed by atoms with E-state index in [0.717, 1.165) is 39.6 Å². The van der Waals surface area contributed by atoms with Crippen molar-refractivity contribution in [1.29, 1.82) is 0 Å². The van der Waals surface area contributed by atoms with Crippen molar-refractivity contribution in [1.82, 2.24) is 0 Å². The topological polar surface area (TPSA) is 78.9 Å². The third-order valence-electron chi connectivity index (χ3n) is 5.26. The molecule has 0 unspecified atom stereocenters. The van der Waals surface area contributed by atoms with Gasteiger partial charge in [-0.25, -0.2) is 9.59 Å². The molecule has 0 saturated heterocycles. The molecule has 0 fully saturated rings. The molecule has 0 aromatic heterocycles. The lowest BCUT2D eigenvalue weighted by atomic mass is 9.98. The molecule has 6 nitrogen and oxygen atoms in total. The van der Waals surface area contributed by atoms with E-state index in [4.69, 9.17) is 14.2 Å². The highest BCUT2D eigenvalue weighted by Crippen LogP contribution is 2.29. The molecular formula is C30H28O6S. The van der Waals surface area contributed by atoms with E-state index in [1.807, 2.05) is 37.3 Å². The first kappa shape index (κ1) is 27.5. The molecule has 7 heteroatoms. The number of aryl methyl sites for hydroxylation is 1. The summed E-state index contributed by atoms with van der Waals surface area (Å²) >= 11 is 1.15. The van der Waals surface area contributed by atoms with Crippen LogP contribution in [0.5, 0.6) is 5.75 Å². The Morgan fingerprint density at radius 2 is 1.59 bits per heavy atom. The van der Waals surface area contributed by atoms with E-state index in [1.165, 1.54) is 0 Å². The molecule has 0 aliphatic rings. The van der Waals surface area contributed by atoms with E-state index in [2.05, 4.69) is 13.2 Å². The van der Waals surface area contributed by atoms with E-state index >= 15 is 0 Å². The van der Waals surface area contributed by atoms with Crippen molar-refractivity contribution in [3.63, 3.8) is 0 Å². The number of hydrogen-bond donors (Lipinski definition) is 0. The average Bonchev–Trinajstić information content (AvgIpc) is 2.89. The zero-order chi connectivity index (χ0) is 26.8. The molecule has 0 N–H and O–H groups in total. The van der Waals surface area contributed by atoms with Crippen LogP contribution < -0.4 is 4.74 Å². The Balaban J connectivity index is 1.53. The van der Waals surface area contributed by atoms with Gasteiger partial charge in [0.05, 0.1) is 25.0 Å². The highest BCUT2D eigenvalue weighted by atomic mass is 32.2.